The van der Waals surface area contributed by atoms with Gasteiger partial charge in [-0.1, -0.05) is 92.7 Å². The summed E-state index contributed by atoms with van der Waals surface area (Å²) in [7, 11) is 0. The van der Waals surface area contributed by atoms with Gasteiger partial charge in [0.2, 0.25) is 0 Å². The molecule has 0 aliphatic heterocycles. The number of ether oxygens (including phenoxy) is 2. The van der Waals surface area contributed by atoms with Gasteiger partial charge in [0.15, 0.2) is 0 Å². The van der Waals surface area contributed by atoms with Gasteiger partial charge in [-0.15, -0.1) is 0 Å². The van der Waals surface area contributed by atoms with Crippen molar-refractivity contribution in [2.24, 2.45) is 0 Å². The van der Waals surface area contributed by atoms with Crippen molar-refractivity contribution in [2.45, 2.75) is 51.7 Å². The molecule has 2 N–H and O–H groups in total. The summed E-state index contributed by atoms with van der Waals surface area (Å²) in [4.78, 5) is 24.0. The van der Waals surface area contributed by atoms with Crippen molar-refractivity contribution in [1.29, 1.82) is 0 Å². The first kappa shape index (κ1) is 27.0. The van der Waals surface area contributed by atoms with E-state index < -0.39 is 18.1 Å². The highest BCUT2D eigenvalue weighted by Crippen LogP contribution is 2.44. The maximum absolute atomic E-state index is 12.4. The van der Waals surface area contributed by atoms with Gasteiger partial charge in [-0.25, -0.2) is 9.59 Å². The third-order valence-electron chi connectivity index (χ3n) is 6.08. The van der Waals surface area contributed by atoms with Crippen LogP contribution in [0.15, 0.2) is 78.9 Å². The molecule has 3 aromatic rings. The van der Waals surface area contributed by atoms with Gasteiger partial charge >= 0.3 is 12.1 Å². The predicted molar refractivity (Wildman–Crippen MR) is 141 cm³/mol. The number of carbonyl (C=O) groups excluding carboxylic acids is 1. The van der Waals surface area contributed by atoms with Gasteiger partial charge < -0.3 is 19.9 Å². The molecule has 0 fully saturated rings. The van der Waals surface area contributed by atoms with Crippen LogP contribution in [0.2, 0.25) is 0 Å². The second-order valence-corrected chi connectivity index (χ2v) is 8.39. The number of carbonyl (C=O) groups is 2. The molecule has 0 saturated heterocycles. The Balaban J connectivity index is 0.00000176. The fourth-order valence-corrected chi connectivity index (χ4v) is 4.36. The summed E-state index contributed by atoms with van der Waals surface area (Å²) in [6.45, 7) is 5.22. The standard InChI is InChI=1S/C28H29NO5.C2H6/c30-27(31)26(16-8-9-17-33-18-20-10-2-1-3-11-20)29-28(32)34-19-25-23-14-6-4-12-21(23)22-13-5-7-15-24(22)25;1-2/h1-7,10-15,25-26H,8-9,16-19H2,(H,29,32)(H,30,31);1-2H3. The number of nitrogens with one attached hydrogen (secondary N) is 1. The lowest BCUT2D eigenvalue weighted by Crippen LogP contribution is -2.41. The fraction of sp³-hybridized carbons (Fsp3) is 0.333. The van der Waals surface area contributed by atoms with Crippen LogP contribution in [0, 0.1) is 0 Å². The minimum atomic E-state index is -1.07. The van der Waals surface area contributed by atoms with E-state index >= 15 is 0 Å². The largest absolute Gasteiger partial charge is 0.480 e. The van der Waals surface area contributed by atoms with Crippen molar-refractivity contribution in [3.05, 3.63) is 95.6 Å². The third kappa shape index (κ3) is 7.18. The minimum Gasteiger partial charge on any atom is -0.480 e. The molecule has 1 atom stereocenters. The molecule has 0 saturated carbocycles. The Kier molecular flexibility index (Phi) is 10.5. The van der Waals surface area contributed by atoms with E-state index in [9.17, 15) is 14.7 Å². The van der Waals surface area contributed by atoms with E-state index in [0.717, 1.165) is 27.8 Å². The molecule has 6 heteroatoms. The molecule has 1 aliphatic rings. The second kappa shape index (κ2) is 14.0. The fourth-order valence-electron chi connectivity index (χ4n) is 4.36. The van der Waals surface area contributed by atoms with E-state index in [4.69, 9.17) is 9.47 Å². The average Bonchev–Trinajstić information content (AvgIpc) is 3.24. The number of unbranched alkanes of at least 4 members (excludes halogenated alkanes) is 1. The molecule has 3 aromatic carbocycles. The molecule has 1 amide bonds. The highest BCUT2D eigenvalue weighted by atomic mass is 16.5. The lowest BCUT2D eigenvalue weighted by atomic mass is 9.98. The number of rotatable bonds is 11. The van der Waals surface area contributed by atoms with Crippen molar-refractivity contribution >= 4 is 12.1 Å². The molecule has 0 aromatic heterocycles. The Bertz CT molecular complexity index is 1070. The van der Waals surface area contributed by atoms with Gasteiger partial charge in [-0.3, -0.25) is 0 Å². The second-order valence-electron chi connectivity index (χ2n) is 8.39. The van der Waals surface area contributed by atoms with Crippen LogP contribution in [-0.4, -0.2) is 36.4 Å². The van der Waals surface area contributed by atoms with Crippen LogP contribution >= 0.6 is 0 Å². The van der Waals surface area contributed by atoms with E-state index in [1.807, 2.05) is 80.6 Å². The first-order chi connectivity index (χ1) is 17.6. The first-order valence-electron chi connectivity index (χ1n) is 12.6. The molecule has 0 heterocycles. The molecule has 0 radical (unpaired) electrons. The van der Waals surface area contributed by atoms with Crippen molar-refractivity contribution in [3.63, 3.8) is 0 Å². The van der Waals surface area contributed by atoms with Gasteiger partial charge in [-0.2, -0.15) is 0 Å². The summed E-state index contributed by atoms with van der Waals surface area (Å²) < 4.78 is 11.1. The third-order valence-corrected chi connectivity index (χ3v) is 6.08. The van der Waals surface area contributed by atoms with E-state index in [2.05, 4.69) is 17.4 Å². The topological polar surface area (TPSA) is 84.9 Å². The highest BCUT2D eigenvalue weighted by molar-refractivity contribution is 5.81. The molecular weight excluding hydrogens is 454 g/mol. The molecule has 1 aliphatic carbocycles. The molecule has 1 unspecified atom stereocenters. The molecule has 36 heavy (non-hydrogen) atoms. The number of hydrogen-bond donors (Lipinski definition) is 2. The normalized spacial score (nSPS) is 12.5. The lowest BCUT2D eigenvalue weighted by molar-refractivity contribution is -0.139. The van der Waals surface area contributed by atoms with Crippen molar-refractivity contribution in [3.8, 4) is 11.1 Å². The Morgan fingerprint density at radius 3 is 2.06 bits per heavy atom. The maximum atomic E-state index is 12.4. The monoisotopic (exact) mass is 489 g/mol. The molecule has 0 bridgehead atoms. The number of alkyl carbamates (subject to hydrolysis) is 1. The van der Waals surface area contributed by atoms with Crippen molar-refractivity contribution in [2.75, 3.05) is 13.2 Å². The predicted octanol–water partition coefficient (Wildman–Crippen LogP) is 6.39. The van der Waals surface area contributed by atoms with Gasteiger partial charge in [0.1, 0.15) is 12.6 Å². The van der Waals surface area contributed by atoms with E-state index in [0.29, 0.717) is 32.5 Å². The van der Waals surface area contributed by atoms with E-state index in [-0.39, 0.29) is 12.5 Å². The Morgan fingerprint density at radius 2 is 1.44 bits per heavy atom. The first-order valence-corrected chi connectivity index (χ1v) is 12.6. The van der Waals surface area contributed by atoms with Crippen LogP contribution in [0.3, 0.4) is 0 Å². The zero-order valence-corrected chi connectivity index (χ0v) is 21.0. The zero-order valence-electron chi connectivity index (χ0n) is 21.0. The van der Waals surface area contributed by atoms with Gasteiger partial charge in [0.05, 0.1) is 6.61 Å². The molecule has 4 rings (SSSR count). The number of fused-ring (bicyclic) bond motifs is 3. The Hall–Kier alpha value is -3.64. The maximum Gasteiger partial charge on any atom is 0.407 e. The molecular formula is C30H35NO5. The van der Waals surface area contributed by atoms with Gasteiger partial charge in [-0.05, 0) is 47.1 Å². The van der Waals surface area contributed by atoms with E-state index in [1.165, 1.54) is 0 Å². The van der Waals surface area contributed by atoms with Crippen LogP contribution < -0.4 is 5.32 Å². The number of amides is 1. The van der Waals surface area contributed by atoms with Crippen LogP contribution in [0.4, 0.5) is 4.79 Å². The van der Waals surface area contributed by atoms with Gasteiger partial charge in [0.25, 0.3) is 0 Å². The van der Waals surface area contributed by atoms with Gasteiger partial charge in [0, 0.05) is 12.5 Å². The lowest BCUT2D eigenvalue weighted by Gasteiger charge is -2.17. The van der Waals surface area contributed by atoms with Crippen molar-refractivity contribution in [1.82, 2.24) is 5.32 Å². The summed E-state index contributed by atoms with van der Waals surface area (Å²) in [6.07, 6.45) is 0.932. The van der Waals surface area contributed by atoms with Crippen molar-refractivity contribution < 1.29 is 24.2 Å². The van der Waals surface area contributed by atoms with E-state index in [1.54, 1.807) is 0 Å². The quantitative estimate of drug-likeness (QED) is 0.305. The summed E-state index contributed by atoms with van der Waals surface area (Å²) in [5.41, 5.74) is 5.61. The highest BCUT2D eigenvalue weighted by Gasteiger charge is 2.29. The SMILES string of the molecule is CC.O=C(NC(CCCCOCc1ccccc1)C(=O)O)OCC1c2ccccc2-c2ccccc21. The number of carboxylic acid groups (broad SMARTS) is 1. The summed E-state index contributed by atoms with van der Waals surface area (Å²) in [5, 5.41) is 12.0. The summed E-state index contributed by atoms with van der Waals surface area (Å²) >= 11 is 0. The summed E-state index contributed by atoms with van der Waals surface area (Å²) in [6, 6.07) is 25.0. The molecule has 6 nitrogen and oxygen atoms in total. The number of benzene rings is 3. The number of hydrogen-bond acceptors (Lipinski definition) is 4. The van der Waals surface area contributed by atoms with Crippen LogP contribution in [0.5, 0.6) is 0 Å². The number of aliphatic carboxylic acids is 1. The number of carboxylic acids is 1. The average molecular weight is 490 g/mol. The van der Waals surface area contributed by atoms with Crippen LogP contribution in [0.1, 0.15) is 55.7 Å². The minimum absolute atomic E-state index is 0.0665. The Morgan fingerprint density at radius 1 is 0.861 bits per heavy atom. The van der Waals surface area contributed by atoms with Crippen LogP contribution in [0.25, 0.3) is 11.1 Å². The Labute approximate surface area is 213 Å². The summed E-state index contributed by atoms with van der Waals surface area (Å²) in [5.74, 6) is -1.14. The molecule has 0 spiro atoms. The zero-order chi connectivity index (χ0) is 25.8. The molecule has 190 valence electrons. The smallest absolute Gasteiger partial charge is 0.407 e. The van der Waals surface area contributed by atoms with Crippen LogP contribution in [-0.2, 0) is 20.9 Å².